The molecule has 104 valence electrons. The van der Waals surface area contributed by atoms with E-state index in [2.05, 4.69) is 10.2 Å². The highest BCUT2D eigenvalue weighted by Crippen LogP contribution is 2.30. The lowest BCUT2D eigenvalue weighted by atomic mass is 10.0. The number of nitrogens with two attached hydrogens (primary N) is 1. The summed E-state index contributed by atoms with van der Waals surface area (Å²) in [5.41, 5.74) is 6.97. The van der Waals surface area contributed by atoms with Crippen molar-refractivity contribution in [3.05, 3.63) is 29.8 Å². The van der Waals surface area contributed by atoms with Crippen LogP contribution in [0.3, 0.4) is 0 Å². The molecule has 3 N–H and O–H groups in total. The van der Waals surface area contributed by atoms with Crippen molar-refractivity contribution >= 4 is 5.91 Å². The minimum Gasteiger partial charge on any atom is -0.496 e. The molecule has 5 heteroatoms. The van der Waals surface area contributed by atoms with Crippen LogP contribution in [0.1, 0.15) is 18.5 Å². The van der Waals surface area contributed by atoms with Crippen molar-refractivity contribution in [2.45, 2.75) is 19.0 Å². The van der Waals surface area contributed by atoms with Crippen molar-refractivity contribution in [3.8, 4) is 5.75 Å². The maximum Gasteiger partial charge on any atom is 0.237 e. The van der Waals surface area contributed by atoms with Crippen LogP contribution in [-0.4, -0.2) is 43.6 Å². The second-order valence-electron chi connectivity index (χ2n) is 4.70. The lowest BCUT2D eigenvalue weighted by Crippen LogP contribution is -2.55. The van der Waals surface area contributed by atoms with E-state index in [4.69, 9.17) is 10.5 Å². The van der Waals surface area contributed by atoms with Gasteiger partial charge in [-0.05, 0) is 13.0 Å². The van der Waals surface area contributed by atoms with Crippen LogP contribution in [0.15, 0.2) is 24.3 Å². The smallest absolute Gasteiger partial charge is 0.237 e. The summed E-state index contributed by atoms with van der Waals surface area (Å²) in [5.74, 6) is 0.871. The van der Waals surface area contributed by atoms with Gasteiger partial charge >= 0.3 is 0 Å². The van der Waals surface area contributed by atoms with E-state index in [9.17, 15) is 4.79 Å². The number of para-hydroxylation sites is 1. The number of rotatable bonds is 4. The Bertz CT molecular complexity index is 450. The van der Waals surface area contributed by atoms with Crippen molar-refractivity contribution in [2.75, 3.05) is 26.7 Å². The number of nitrogens with zero attached hydrogens (tertiary/aromatic N) is 1. The van der Waals surface area contributed by atoms with Crippen LogP contribution in [0, 0.1) is 0 Å². The monoisotopic (exact) mass is 263 g/mol. The van der Waals surface area contributed by atoms with Crippen molar-refractivity contribution in [1.82, 2.24) is 10.2 Å². The van der Waals surface area contributed by atoms with Crippen LogP contribution in [0.5, 0.6) is 5.75 Å². The highest BCUT2D eigenvalue weighted by Gasteiger charge is 2.32. The molecule has 1 heterocycles. The van der Waals surface area contributed by atoms with E-state index in [1.54, 1.807) is 7.11 Å². The van der Waals surface area contributed by atoms with E-state index in [0.717, 1.165) is 17.9 Å². The zero-order chi connectivity index (χ0) is 13.8. The normalized spacial score (nSPS) is 21.8. The molecule has 5 nitrogen and oxygen atoms in total. The summed E-state index contributed by atoms with van der Waals surface area (Å²) in [6.07, 6.45) is 0. The fraction of sp³-hybridized carbons (Fsp3) is 0.500. The van der Waals surface area contributed by atoms with E-state index in [1.165, 1.54) is 0 Å². The minimum atomic E-state index is -0.174. The first-order valence-electron chi connectivity index (χ1n) is 6.55. The highest BCUT2D eigenvalue weighted by molar-refractivity contribution is 5.82. The molecule has 0 aromatic heterocycles. The molecule has 0 saturated carbocycles. The van der Waals surface area contributed by atoms with Crippen LogP contribution in [-0.2, 0) is 4.79 Å². The molecular formula is C14H21N3O2. The summed E-state index contributed by atoms with van der Waals surface area (Å²) in [4.78, 5) is 13.9. The molecular weight excluding hydrogens is 242 g/mol. The SMILES string of the molecule is COc1ccccc1C(CN)N1CCNC(=O)C1C. The van der Waals surface area contributed by atoms with Gasteiger partial charge in [0.25, 0.3) is 0 Å². The van der Waals surface area contributed by atoms with E-state index in [1.807, 2.05) is 31.2 Å². The van der Waals surface area contributed by atoms with Gasteiger partial charge in [0.2, 0.25) is 5.91 Å². The Hall–Kier alpha value is -1.59. The first-order chi connectivity index (χ1) is 9.19. The van der Waals surface area contributed by atoms with Gasteiger partial charge in [-0.2, -0.15) is 0 Å². The topological polar surface area (TPSA) is 67.6 Å². The third-order valence-corrected chi connectivity index (χ3v) is 3.67. The van der Waals surface area contributed by atoms with Crippen molar-refractivity contribution < 1.29 is 9.53 Å². The number of carbonyl (C=O) groups excluding carboxylic acids is 1. The number of carbonyl (C=O) groups is 1. The standard InChI is InChI=1S/C14H21N3O2/c1-10-14(18)16-7-8-17(10)12(9-15)11-5-3-4-6-13(11)19-2/h3-6,10,12H,7-9,15H2,1-2H3,(H,16,18). The third-order valence-electron chi connectivity index (χ3n) is 3.67. The molecule has 1 aromatic rings. The Morgan fingerprint density at radius 2 is 2.26 bits per heavy atom. The van der Waals surface area contributed by atoms with Gasteiger partial charge in [-0.15, -0.1) is 0 Å². The predicted molar refractivity (Wildman–Crippen MR) is 74.0 cm³/mol. The Morgan fingerprint density at radius 3 is 2.95 bits per heavy atom. The lowest BCUT2D eigenvalue weighted by Gasteiger charge is -2.39. The summed E-state index contributed by atoms with van der Waals surface area (Å²) in [6, 6.07) is 7.66. The van der Waals surface area contributed by atoms with Crippen molar-refractivity contribution in [2.24, 2.45) is 5.73 Å². The number of nitrogens with one attached hydrogen (secondary N) is 1. The highest BCUT2D eigenvalue weighted by atomic mass is 16.5. The van der Waals surface area contributed by atoms with Crippen LogP contribution >= 0.6 is 0 Å². The zero-order valence-corrected chi connectivity index (χ0v) is 11.4. The fourth-order valence-corrected chi connectivity index (χ4v) is 2.61. The first-order valence-corrected chi connectivity index (χ1v) is 6.55. The number of methoxy groups -OCH3 is 1. The van der Waals surface area contributed by atoms with Crippen LogP contribution in [0.4, 0.5) is 0 Å². The summed E-state index contributed by atoms with van der Waals surface area (Å²) < 4.78 is 5.40. The Kier molecular flexibility index (Phi) is 4.39. The van der Waals surface area contributed by atoms with Crippen LogP contribution in [0.25, 0.3) is 0 Å². The molecule has 1 aromatic carbocycles. The number of benzene rings is 1. The third kappa shape index (κ3) is 2.72. The van der Waals surface area contributed by atoms with E-state index in [0.29, 0.717) is 13.1 Å². The van der Waals surface area contributed by atoms with Gasteiger partial charge in [-0.25, -0.2) is 0 Å². The molecule has 2 unspecified atom stereocenters. The van der Waals surface area contributed by atoms with Crippen LogP contribution < -0.4 is 15.8 Å². The molecule has 0 aliphatic carbocycles. The van der Waals surface area contributed by atoms with E-state index >= 15 is 0 Å². The molecule has 1 aliphatic heterocycles. The summed E-state index contributed by atoms with van der Waals surface area (Å²) in [7, 11) is 1.65. The van der Waals surface area contributed by atoms with Crippen LogP contribution in [0.2, 0.25) is 0 Å². The largest absolute Gasteiger partial charge is 0.496 e. The Labute approximate surface area is 113 Å². The second kappa shape index (κ2) is 6.04. The van der Waals surface area contributed by atoms with E-state index < -0.39 is 0 Å². The minimum absolute atomic E-state index is 0.00259. The lowest BCUT2D eigenvalue weighted by molar-refractivity contribution is -0.129. The number of hydrogen-bond acceptors (Lipinski definition) is 4. The average Bonchev–Trinajstić information content (AvgIpc) is 2.45. The maximum absolute atomic E-state index is 11.8. The molecule has 0 radical (unpaired) electrons. The van der Waals surface area contributed by atoms with E-state index in [-0.39, 0.29) is 18.0 Å². The van der Waals surface area contributed by atoms with Gasteiger partial charge in [-0.3, -0.25) is 9.69 Å². The number of ether oxygens (including phenoxy) is 1. The van der Waals surface area contributed by atoms with Gasteiger partial charge in [-0.1, -0.05) is 18.2 Å². The number of piperazine rings is 1. The summed E-state index contributed by atoms with van der Waals surface area (Å²) >= 11 is 0. The molecule has 1 fully saturated rings. The van der Waals surface area contributed by atoms with Gasteiger partial charge in [0, 0.05) is 25.2 Å². The first kappa shape index (κ1) is 13.8. The molecule has 1 saturated heterocycles. The Morgan fingerprint density at radius 1 is 1.53 bits per heavy atom. The number of amides is 1. The molecule has 2 atom stereocenters. The molecule has 19 heavy (non-hydrogen) atoms. The van der Waals surface area contributed by atoms with Gasteiger partial charge in [0.1, 0.15) is 5.75 Å². The molecule has 0 spiro atoms. The van der Waals surface area contributed by atoms with Gasteiger partial charge in [0.05, 0.1) is 19.2 Å². The zero-order valence-electron chi connectivity index (χ0n) is 11.4. The van der Waals surface area contributed by atoms with Crippen molar-refractivity contribution in [3.63, 3.8) is 0 Å². The second-order valence-corrected chi connectivity index (χ2v) is 4.70. The summed E-state index contributed by atoms with van der Waals surface area (Å²) in [6.45, 7) is 3.83. The average molecular weight is 263 g/mol. The van der Waals surface area contributed by atoms with Gasteiger partial charge < -0.3 is 15.8 Å². The molecule has 0 bridgehead atoms. The fourth-order valence-electron chi connectivity index (χ4n) is 2.61. The maximum atomic E-state index is 11.8. The Balaban J connectivity index is 2.31. The molecule has 2 rings (SSSR count). The number of hydrogen-bond donors (Lipinski definition) is 2. The quantitative estimate of drug-likeness (QED) is 0.831. The predicted octanol–water partition coefficient (Wildman–Crippen LogP) is 0.515. The molecule has 1 amide bonds. The summed E-state index contributed by atoms with van der Waals surface area (Å²) in [5, 5.41) is 2.87. The van der Waals surface area contributed by atoms with Crippen molar-refractivity contribution in [1.29, 1.82) is 0 Å². The van der Waals surface area contributed by atoms with Gasteiger partial charge in [0.15, 0.2) is 0 Å². The molecule has 1 aliphatic rings.